The fourth-order valence-electron chi connectivity index (χ4n) is 2.37. The summed E-state index contributed by atoms with van der Waals surface area (Å²) < 4.78 is 0. The average Bonchev–Trinajstić information content (AvgIpc) is 2.27. The van der Waals surface area contributed by atoms with Crippen molar-refractivity contribution in [2.45, 2.75) is 39.3 Å². The zero-order valence-corrected chi connectivity index (χ0v) is 10.9. The normalized spacial score (nSPS) is 22.8. The lowest BCUT2D eigenvalue weighted by Crippen LogP contribution is -2.42. The van der Waals surface area contributed by atoms with Crippen LogP contribution in [-0.2, 0) is 6.54 Å². The van der Waals surface area contributed by atoms with E-state index in [9.17, 15) is 10.1 Å². The molecule has 0 amide bonds. The van der Waals surface area contributed by atoms with Gasteiger partial charge in [0.15, 0.2) is 0 Å². The summed E-state index contributed by atoms with van der Waals surface area (Å²) in [4.78, 5) is 10.2. The lowest BCUT2D eigenvalue weighted by Gasteiger charge is -2.38. The highest BCUT2D eigenvalue weighted by Gasteiger charge is 2.30. The summed E-state index contributed by atoms with van der Waals surface area (Å²) >= 11 is 0. The van der Waals surface area contributed by atoms with Gasteiger partial charge in [-0.2, -0.15) is 0 Å². The molecule has 1 fully saturated rings. The van der Waals surface area contributed by atoms with Crippen LogP contribution in [-0.4, -0.2) is 11.0 Å². The molecule has 1 aromatic carbocycles. The van der Waals surface area contributed by atoms with Gasteiger partial charge < -0.3 is 5.32 Å². The number of rotatable bonds is 5. The van der Waals surface area contributed by atoms with Crippen molar-refractivity contribution in [2.24, 2.45) is 11.8 Å². The number of nitro groups is 1. The topological polar surface area (TPSA) is 55.2 Å². The molecule has 0 unspecified atom stereocenters. The standard InChI is InChI=1S/C14H20N2O2/c1-10(2)12-7-13(8-12)15-9-11-3-5-14(6-4-11)16(17)18/h3-6,10,12-13,15H,7-9H2,1-2H3. The summed E-state index contributed by atoms with van der Waals surface area (Å²) in [7, 11) is 0. The molecule has 4 nitrogen and oxygen atoms in total. The van der Waals surface area contributed by atoms with E-state index in [0.717, 1.165) is 23.9 Å². The molecule has 0 atom stereocenters. The first-order valence-electron chi connectivity index (χ1n) is 6.53. The van der Waals surface area contributed by atoms with Crippen molar-refractivity contribution in [1.82, 2.24) is 5.32 Å². The molecule has 2 rings (SSSR count). The van der Waals surface area contributed by atoms with E-state index in [0.29, 0.717) is 6.04 Å². The molecule has 1 aromatic rings. The molecule has 0 spiro atoms. The first-order valence-corrected chi connectivity index (χ1v) is 6.53. The highest BCUT2D eigenvalue weighted by atomic mass is 16.6. The molecule has 1 aliphatic carbocycles. The monoisotopic (exact) mass is 248 g/mol. The first kappa shape index (κ1) is 13.0. The minimum Gasteiger partial charge on any atom is -0.310 e. The zero-order valence-electron chi connectivity index (χ0n) is 10.9. The first-order chi connectivity index (χ1) is 8.56. The van der Waals surface area contributed by atoms with Gasteiger partial charge in [0.1, 0.15) is 0 Å². The predicted octanol–water partition coefficient (Wildman–Crippen LogP) is 3.12. The molecule has 98 valence electrons. The van der Waals surface area contributed by atoms with Gasteiger partial charge in [0, 0.05) is 24.7 Å². The molecule has 0 bridgehead atoms. The molecule has 1 saturated carbocycles. The van der Waals surface area contributed by atoms with Gasteiger partial charge in [0.2, 0.25) is 0 Å². The van der Waals surface area contributed by atoms with Gasteiger partial charge in [-0.3, -0.25) is 10.1 Å². The maximum absolute atomic E-state index is 10.5. The second kappa shape index (κ2) is 5.48. The molecule has 0 heterocycles. The van der Waals surface area contributed by atoms with Crippen molar-refractivity contribution in [2.75, 3.05) is 0 Å². The summed E-state index contributed by atoms with van der Waals surface area (Å²) in [5.74, 6) is 1.64. The Labute approximate surface area is 108 Å². The van der Waals surface area contributed by atoms with Crippen LogP contribution in [0.1, 0.15) is 32.3 Å². The smallest absolute Gasteiger partial charge is 0.269 e. The largest absolute Gasteiger partial charge is 0.310 e. The summed E-state index contributed by atoms with van der Waals surface area (Å²) in [6, 6.07) is 7.39. The van der Waals surface area contributed by atoms with Gasteiger partial charge in [0.05, 0.1) is 4.92 Å². The summed E-state index contributed by atoms with van der Waals surface area (Å²) in [5.41, 5.74) is 1.26. The van der Waals surface area contributed by atoms with Crippen LogP contribution in [0.15, 0.2) is 24.3 Å². The number of nitro benzene ring substituents is 1. The summed E-state index contributed by atoms with van der Waals surface area (Å²) in [5, 5.41) is 14.0. The van der Waals surface area contributed by atoms with E-state index in [1.54, 1.807) is 12.1 Å². The van der Waals surface area contributed by atoms with Crippen molar-refractivity contribution in [1.29, 1.82) is 0 Å². The SMILES string of the molecule is CC(C)C1CC(NCc2ccc([N+](=O)[O-])cc2)C1. The molecule has 0 aliphatic heterocycles. The van der Waals surface area contributed by atoms with Crippen LogP contribution >= 0.6 is 0 Å². The minimum absolute atomic E-state index is 0.155. The van der Waals surface area contributed by atoms with Crippen molar-refractivity contribution in [3.05, 3.63) is 39.9 Å². The van der Waals surface area contributed by atoms with E-state index in [2.05, 4.69) is 19.2 Å². The van der Waals surface area contributed by atoms with E-state index in [1.807, 2.05) is 12.1 Å². The Morgan fingerprint density at radius 2 is 1.94 bits per heavy atom. The third kappa shape index (κ3) is 3.07. The Kier molecular flexibility index (Phi) is 3.97. The number of hydrogen-bond acceptors (Lipinski definition) is 3. The fourth-order valence-corrected chi connectivity index (χ4v) is 2.37. The van der Waals surface area contributed by atoms with Crippen LogP contribution in [0.4, 0.5) is 5.69 Å². The third-order valence-electron chi connectivity index (χ3n) is 3.86. The second-order valence-corrected chi connectivity index (χ2v) is 5.48. The quantitative estimate of drug-likeness (QED) is 0.643. The maximum atomic E-state index is 10.5. The van der Waals surface area contributed by atoms with E-state index >= 15 is 0 Å². The van der Waals surface area contributed by atoms with Gasteiger partial charge >= 0.3 is 0 Å². The highest BCUT2D eigenvalue weighted by Crippen LogP contribution is 2.33. The Morgan fingerprint density at radius 1 is 1.33 bits per heavy atom. The molecule has 1 N–H and O–H groups in total. The summed E-state index contributed by atoms with van der Waals surface area (Å²) in [6.07, 6.45) is 2.51. The van der Waals surface area contributed by atoms with Crippen LogP contribution in [0.25, 0.3) is 0 Å². The molecule has 4 heteroatoms. The number of nitrogens with one attached hydrogen (secondary N) is 1. The lowest BCUT2D eigenvalue weighted by atomic mass is 9.73. The van der Waals surface area contributed by atoms with Crippen molar-refractivity contribution < 1.29 is 4.92 Å². The van der Waals surface area contributed by atoms with Gasteiger partial charge in [-0.05, 0) is 30.2 Å². The fraction of sp³-hybridized carbons (Fsp3) is 0.571. The van der Waals surface area contributed by atoms with E-state index < -0.39 is 0 Å². The zero-order chi connectivity index (χ0) is 13.1. The average molecular weight is 248 g/mol. The summed E-state index contributed by atoms with van der Waals surface area (Å²) in [6.45, 7) is 5.35. The molecule has 0 saturated heterocycles. The van der Waals surface area contributed by atoms with E-state index in [1.165, 1.54) is 12.8 Å². The van der Waals surface area contributed by atoms with Crippen LogP contribution in [0.5, 0.6) is 0 Å². The molecule has 18 heavy (non-hydrogen) atoms. The number of benzene rings is 1. The van der Waals surface area contributed by atoms with Crippen molar-refractivity contribution in [3.8, 4) is 0 Å². The number of hydrogen-bond donors (Lipinski definition) is 1. The van der Waals surface area contributed by atoms with E-state index in [-0.39, 0.29) is 10.6 Å². The molecule has 0 aromatic heterocycles. The molecular formula is C14H20N2O2. The molecular weight excluding hydrogens is 228 g/mol. The van der Waals surface area contributed by atoms with Crippen LogP contribution < -0.4 is 5.32 Å². The maximum Gasteiger partial charge on any atom is 0.269 e. The Hall–Kier alpha value is -1.42. The van der Waals surface area contributed by atoms with Crippen molar-refractivity contribution in [3.63, 3.8) is 0 Å². The second-order valence-electron chi connectivity index (χ2n) is 5.48. The van der Waals surface area contributed by atoms with Crippen LogP contribution in [0.3, 0.4) is 0 Å². The Balaban J connectivity index is 1.76. The molecule has 1 aliphatic rings. The number of non-ortho nitro benzene ring substituents is 1. The minimum atomic E-state index is -0.365. The van der Waals surface area contributed by atoms with Gasteiger partial charge in [-0.1, -0.05) is 26.0 Å². The third-order valence-corrected chi connectivity index (χ3v) is 3.86. The van der Waals surface area contributed by atoms with Crippen LogP contribution in [0, 0.1) is 22.0 Å². The van der Waals surface area contributed by atoms with Crippen LogP contribution in [0.2, 0.25) is 0 Å². The van der Waals surface area contributed by atoms with Gasteiger partial charge in [-0.25, -0.2) is 0 Å². The lowest BCUT2D eigenvalue weighted by molar-refractivity contribution is -0.384. The van der Waals surface area contributed by atoms with E-state index in [4.69, 9.17) is 0 Å². The van der Waals surface area contributed by atoms with Crippen molar-refractivity contribution >= 4 is 5.69 Å². The number of nitrogens with zero attached hydrogens (tertiary/aromatic N) is 1. The predicted molar refractivity (Wildman–Crippen MR) is 71.3 cm³/mol. The highest BCUT2D eigenvalue weighted by molar-refractivity contribution is 5.32. The Morgan fingerprint density at radius 3 is 2.44 bits per heavy atom. The Bertz CT molecular complexity index is 408. The van der Waals surface area contributed by atoms with Gasteiger partial charge in [0.25, 0.3) is 5.69 Å². The molecule has 0 radical (unpaired) electrons. The van der Waals surface area contributed by atoms with Gasteiger partial charge in [-0.15, -0.1) is 0 Å².